The Kier molecular flexibility index (Phi) is 5.95. The molecule has 1 amide bonds. The molecule has 2 aromatic rings. The molecule has 1 aliphatic rings. The Labute approximate surface area is 159 Å². The Balaban J connectivity index is 1.79. The van der Waals surface area contributed by atoms with Gasteiger partial charge in [0.2, 0.25) is 11.9 Å². The molecule has 27 heavy (non-hydrogen) atoms. The van der Waals surface area contributed by atoms with Crippen molar-refractivity contribution in [1.29, 1.82) is 0 Å². The highest BCUT2D eigenvalue weighted by molar-refractivity contribution is 5.78. The molecule has 0 aliphatic carbocycles. The Morgan fingerprint density at radius 2 is 1.81 bits per heavy atom. The summed E-state index contributed by atoms with van der Waals surface area (Å²) in [7, 11) is 1.79. The number of nitrogens with one attached hydrogen (secondary N) is 2. The van der Waals surface area contributed by atoms with E-state index >= 15 is 0 Å². The minimum atomic E-state index is 0.122. The van der Waals surface area contributed by atoms with Crippen LogP contribution in [0, 0.1) is 20.8 Å². The predicted octanol–water partition coefficient (Wildman–Crippen LogP) is 1.86. The molecule has 8 heteroatoms. The second kappa shape index (κ2) is 8.39. The number of anilines is 2. The maximum Gasteiger partial charge on any atom is 0.236 e. The van der Waals surface area contributed by atoms with Crippen LogP contribution in [-0.2, 0) is 4.79 Å². The zero-order valence-corrected chi connectivity index (χ0v) is 16.4. The van der Waals surface area contributed by atoms with Crippen LogP contribution in [0.15, 0.2) is 12.1 Å². The van der Waals surface area contributed by atoms with Crippen molar-refractivity contribution in [2.75, 3.05) is 32.0 Å². The Morgan fingerprint density at radius 1 is 1.11 bits per heavy atom. The van der Waals surface area contributed by atoms with Gasteiger partial charge in [-0.25, -0.2) is 19.9 Å². The van der Waals surface area contributed by atoms with Crippen molar-refractivity contribution in [2.24, 2.45) is 0 Å². The van der Waals surface area contributed by atoms with Crippen molar-refractivity contribution < 1.29 is 4.79 Å². The lowest BCUT2D eigenvalue weighted by molar-refractivity contribution is -0.131. The molecule has 0 radical (unpaired) electrons. The number of likely N-dealkylation sites (N-methyl/N-ethyl adjacent to an activating group) is 1. The first kappa shape index (κ1) is 19.2. The lowest BCUT2D eigenvalue weighted by Crippen LogP contribution is -2.43. The number of aryl methyl sites for hydroxylation is 3. The zero-order valence-electron chi connectivity index (χ0n) is 16.4. The highest BCUT2D eigenvalue weighted by Gasteiger charge is 2.26. The van der Waals surface area contributed by atoms with Crippen molar-refractivity contribution in [3.8, 4) is 0 Å². The van der Waals surface area contributed by atoms with E-state index in [-0.39, 0.29) is 11.8 Å². The molecule has 0 spiro atoms. The smallest absolute Gasteiger partial charge is 0.236 e. The molecule has 1 aliphatic heterocycles. The zero-order chi connectivity index (χ0) is 19.4. The topological polar surface area (TPSA) is 95.9 Å². The van der Waals surface area contributed by atoms with Crippen LogP contribution in [0.5, 0.6) is 0 Å². The molecule has 2 N–H and O–H groups in total. The molecule has 1 atom stereocenters. The van der Waals surface area contributed by atoms with Crippen molar-refractivity contribution in [2.45, 2.75) is 39.5 Å². The number of carbonyl (C=O) groups excluding carboxylic acids is 1. The van der Waals surface area contributed by atoms with Gasteiger partial charge in [-0.1, -0.05) is 0 Å². The number of likely N-dealkylation sites (tertiary alicyclic amines) is 1. The Morgan fingerprint density at radius 3 is 2.52 bits per heavy atom. The van der Waals surface area contributed by atoms with Crippen molar-refractivity contribution in [1.82, 2.24) is 30.2 Å². The van der Waals surface area contributed by atoms with Gasteiger partial charge in [0.05, 0.1) is 6.54 Å². The molecule has 3 heterocycles. The van der Waals surface area contributed by atoms with E-state index < -0.39 is 0 Å². The fourth-order valence-corrected chi connectivity index (χ4v) is 3.41. The number of hydrogen-bond acceptors (Lipinski definition) is 7. The summed E-state index contributed by atoms with van der Waals surface area (Å²) in [5, 5.41) is 6.12. The lowest BCUT2D eigenvalue weighted by atomic mass is 9.97. The van der Waals surface area contributed by atoms with E-state index in [9.17, 15) is 4.79 Å². The monoisotopic (exact) mass is 369 g/mol. The van der Waals surface area contributed by atoms with Gasteiger partial charge in [-0.2, -0.15) is 0 Å². The van der Waals surface area contributed by atoms with Crippen LogP contribution in [0.1, 0.15) is 41.7 Å². The molecular formula is C19H27N7O. The lowest BCUT2D eigenvalue weighted by Gasteiger charge is -2.32. The van der Waals surface area contributed by atoms with Crippen molar-refractivity contribution in [3.63, 3.8) is 0 Å². The van der Waals surface area contributed by atoms with Crippen LogP contribution in [0.3, 0.4) is 0 Å². The number of nitrogens with zero attached hydrogens (tertiary/aromatic N) is 5. The maximum absolute atomic E-state index is 12.2. The van der Waals surface area contributed by atoms with Crippen molar-refractivity contribution in [3.05, 3.63) is 35.0 Å². The average Bonchev–Trinajstić information content (AvgIpc) is 2.60. The molecule has 3 rings (SSSR count). The highest BCUT2D eigenvalue weighted by atomic mass is 16.2. The predicted molar refractivity (Wildman–Crippen MR) is 104 cm³/mol. The molecule has 0 saturated carbocycles. The van der Waals surface area contributed by atoms with E-state index in [0.29, 0.717) is 24.9 Å². The molecule has 144 valence electrons. The standard InChI is InChI=1S/C19H27N7O/c1-12-8-13(2)23-19(22-12)25-16-9-14(3)21-18(24-16)15-6-5-7-26(11-15)17(27)10-20-4/h8-9,15,20H,5-7,10-11H2,1-4H3,(H,21,22,23,24,25)/t15-/m1/s1. The summed E-state index contributed by atoms with van der Waals surface area (Å²) in [5.74, 6) is 2.24. The molecule has 8 nitrogen and oxygen atoms in total. The number of carbonyl (C=O) groups is 1. The van der Waals surface area contributed by atoms with Gasteiger partial charge in [-0.15, -0.1) is 0 Å². The normalized spacial score (nSPS) is 17.0. The van der Waals surface area contributed by atoms with Gasteiger partial charge >= 0.3 is 0 Å². The first-order valence-corrected chi connectivity index (χ1v) is 9.32. The molecule has 1 saturated heterocycles. The quantitative estimate of drug-likeness (QED) is 0.830. The second-order valence-electron chi connectivity index (χ2n) is 7.06. The van der Waals surface area contributed by atoms with Crippen molar-refractivity contribution >= 4 is 17.7 Å². The van der Waals surface area contributed by atoms with E-state index in [1.54, 1.807) is 7.05 Å². The fourth-order valence-electron chi connectivity index (χ4n) is 3.41. The molecule has 0 unspecified atom stereocenters. The molecule has 1 fully saturated rings. The average molecular weight is 369 g/mol. The van der Waals surface area contributed by atoms with Gasteiger partial charge in [0.25, 0.3) is 0 Å². The summed E-state index contributed by atoms with van der Waals surface area (Å²) in [5.41, 5.74) is 2.69. The van der Waals surface area contributed by atoms with E-state index in [4.69, 9.17) is 4.98 Å². The summed E-state index contributed by atoms with van der Waals surface area (Å²) < 4.78 is 0. The molecule has 0 aromatic carbocycles. The third kappa shape index (κ3) is 4.97. The summed E-state index contributed by atoms with van der Waals surface area (Å²) >= 11 is 0. The van der Waals surface area contributed by atoms with Gasteiger partial charge in [0.1, 0.15) is 11.6 Å². The van der Waals surface area contributed by atoms with Gasteiger partial charge in [-0.3, -0.25) is 4.79 Å². The minimum absolute atomic E-state index is 0.122. The maximum atomic E-state index is 12.2. The molecule has 0 bridgehead atoms. The minimum Gasteiger partial charge on any atom is -0.341 e. The number of aromatic nitrogens is 4. The Bertz CT molecular complexity index is 803. The van der Waals surface area contributed by atoms with E-state index in [2.05, 4.69) is 25.6 Å². The van der Waals surface area contributed by atoms with Gasteiger partial charge in [0.15, 0.2) is 0 Å². The highest BCUT2D eigenvalue weighted by Crippen LogP contribution is 2.26. The van der Waals surface area contributed by atoms with E-state index in [0.717, 1.165) is 42.3 Å². The third-order valence-electron chi connectivity index (χ3n) is 4.56. The van der Waals surface area contributed by atoms with Gasteiger partial charge in [0, 0.05) is 42.2 Å². The third-order valence-corrected chi connectivity index (χ3v) is 4.56. The van der Waals surface area contributed by atoms with Crippen LogP contribution >= 0.6 is 0 Å². The van der Waals surface area contributed by atoms with Crippen LogP contribution in [0.4, 0.5) is 11.8 Å². The molecule has 2 aromatic heterocycles. The fraction of sp³-hybridized carbons (Fsp3) is 0.526. The summed E-state index contributed by atoms with van der Waals surface area (Å²) in [6, 6.07) is 3.82. The van der Waals surface area contributed by atoms with Crippen LogP contribution in [0.25, 0.3) is 0 Å². The number of rotatable bonds is 5. The largest absolute Gasteiger partial charge is 0.341 e. The van der Waals surface area contributed by atoms with Gasteiger partial charge < -0.3 is 15.5 Å². The number of hydrogen-bond donors (Lipinski definition) is 2. The Hall–Kier alpha value is -2.61. The summed E-state index contributed by atoms with van der Waals surface area (Å²) in [4.78, 5) is 32.3. The second-order valence-corrected chi connectivity index (χ2v) is 7.06. The van der Waals surface area contributed by atoms with Crippen LogP contribution in [0.2, 0.25) is 0 Å². The SMILES string of the molecule is CNCC(=O)N1CCC[C@@H](c2nc(C)cc(Nc3nc(C)cc(C)n3)n2)C1. The van der Waals surface area contributed by atoms with Crippen LogP contribution < -0.4 is 10.6 Å². The first-order chi connectivity index (χ1) is 12.9. The van der Waals surface area contributed by atoms with E-state index in [1.165, 1.54) is 0 Å². The number of amides is 1. The van der Waals surface area contributed by atoms with E-state index in [1.807, 2.05) is 37.8 Å². The summed E-state index contributed by atoms with van der Waals surface area (Å²) in [6.07, 6.45) is 1.94. The number of piperidine rings is 1. The van der Waals surface area contributed by atoms with Crippen LogP contribution in [-0.4, -0.2) is 57.4 Å². The molecular weight excluding hydrogens is 342 g/mol. The van der Waals surface area contributed by atoms with Gasteiger partial charge in [-0.05, 0) is 46.7 Å². The summed E-state index contributed by atoms with van der Waals surface area (Å²) in [6.45, 7) is 7.64. The first-order valence-electron chi connectivity index (χ1n) is 9.32.